The number of hydrogen-bond donors (Lipinski definition) is 2. The lowest BCUT2D eigenvalue weighted by atomic mass is 9.63. The van der Waals surface area contributed by atoms with Crippen LogP contribution in [0.2, 0.25) is 5.02 Å². The zero-order chi connectivity index (χ0) is 29.1. The summed E-state index contributed by atoms with van der Waals surface area (Å²) >= 11 is 6.36. The Morgan fingerprint density at radius 2 is 1.50 bits per heavy atom. The van der Waals surface area contributed by atoms with Crippen LogP contribution in [0.1, 0.15) is 78.4 Å². The van der Waals surface area contributed by atoms with Crippen molar-refractivity contribution in [2.75, 3.05) is 13.2 Å². The highest BCUT2D eigenvalue weighted by Crippen LogP contribution is 2.47. The van der Waals surface area contributed by atoms with Crippen LogP contribution < -0.4 is 14.8 Å². The van der Waals surface area contributed by atoms with E-state index in [0.717, 1.165) is 53.8 Å². The number of carbonyl (C=O) groups is 1. The lowest BCUT2D eigenvalue weighted by molar-refractivity contribution is 0.144. The Kier molecular flexibility index (Phi) is 9.16. The van der Waals surface area contributed by atoms with Crippen LogP contribution in [-0.2, 0) is 10.8 Å². The summed E-state index contributed by atoms with van der Waals surface area (Å²) in [6.07, 6.45) is 2.94. The highest BCUT2D eigenvalue weighted by molar-refractivity contribution is 6.32. The molecule has 0 saturated heterocycles. The predicted octanol–water partition coefficient (Wildman–Crippen LogP) is 9.24. The molecule has 6 heteroatoms. The average molecular weight is 564 g/mol. The molecule has 0 amide bonds. The molecule has 0 radical (unpaired) electrons. The molecule has 0 heterocycles. The first-order chi connectivity index (χ1) is 18.9. The van der Waals surface area contributed by atoms with Gasteiger partial charge in [-0.25, -0.2) is 4.79 Å². The van der Waals surface area contributed by atoms with Crippen LogP contribution in [0.3, 0.4) is 0 Å². The normalized spacial score (nSPS) is 15.5. The third-order valence-corrected chi connectivity index (χ3v) is 8.28. The van der Waals surface area contributed by atoms with Gasteiger partial charge in [-0.2, -0.15) is 0 Å². The Bertz CT molecular complexity index is 1360. The molecular formula is C34H42ClNO4. The summed E-state index contributed by atoms with van der Waals surface area (Å²) in [5, 5.41) is 12.7. The lowest BCUT2D eigenvalue weighted by Crippen LogP contribution is -2.33. The van der Waals surface area contributed by atoms with Gasteiger partial charge in [0, 0.05) is 11.6 Å². The summed E-state index contributed by atoms with van der Waals surface area (Å²) < 4.78 is 11.2. The molecule has 0 saturated carbocycles. The fraction of sp³-hybridized carbons (Fsp3) is 0.441. The number of ether oxygens (including phenoxy) is 2. The molecular weight excluding hydrogens is 522 g/mol. The number of carboxylic acid groups (broad SMARTS) is 1. The Labute approximate surface area is 243 Å². The fourth-order valence-electron chi connectivity index (χ4n) is 5.47. The maximum atomic E-state index is 11.0. The monoisotopic (exact) mass is 563 g/mol. The van der Waals surface area contributed by atoms with E-state index in [1.165, 1.54) is 17.5 Å². The van der Waals surface area contributed by atoms with Crippen molar-refractivity contribution in [3.8, 4) is 33.8 Å². The smallest absolute Gasteiger partial charge is 0.493 e. The Hall–Kier alpha value is -3.02. The minimum atomic E-state index is -1.39. The van der Waals surface area contributed by atoms with Crippen LogP contribution in [0.25, 0.3) is 22.3 Å². The van der Waals surface area contributed by atoms with Crippen molar-refractivity contribution in [2.24, 2.45) is 0 Å². The molecule has 5 nitrogen and oxygen atoms in total. The molecule has 2 N–H and O–H groups in total. The van der Waals surface area contributed by atoms with Crippen molar-refractivity contribution in [1.29, 1.82) is 0 Å². The number of rotatable bonds is 10. The third-order valence-electron chi connectivity index (χ3n) is 7.99. The van der Waals surface area contributed by atoms with Gasteiger partial charge >= 0.3 is 6.16 Å². The summed E-state index contributed by atoms with van der Waals surface area (Å²) in [6, 6.07) is 18.7. The van der Waals surface area contributed by atoms with Crippen molar-refractivity contribution >= 4 is 17.8 Å². The van der Waals surface area contributed by atoms with Crippen molar-refractivity contribution in [3.05, 3.63) is 70.7 Å². The standard InChI is InChI=1S/C34H42ClNO4/c1-22(2)36-17-7-8-18-39-30-13-10-23(24-11-14-31(29(35)21-24)40-32(37)38)19-26(30)25-9-12-27-28(20-25)34(5,6)16-15-33(27,3)4/h9-14,19-22,36H,7-8,15-18H2,1-6H3,(H,37,38). The van der Waals surface area contributed by atoms with Gasteiger partial charge in [-0.3, -0.25) is 0 Å². The van der Waals surface area contributed by atoms with Crippen LogP contribution in [0.4, 0.5) is 4.79 Å². The van der Waals surface area contributed by atoms with E-state index in [1.807, 2.05) is 18.2 Å². The molecule has 40 heavy (non-hydrogen) atoms. The summed E-state index contributed by atoms with van der Waals surface area (Å²) in [6.45, 7) is 15.3. The van der Waals surface area contributed by atoms with E-state index in [-0.39, 0.29) is 21.6 Å². The number of hydrogen-bond acceptors (Lipinski definition) is 4. The predicted molar refractivity (Wildman–Crippen MR) is 164 cm³/mol. The molecule has 1 aliphatic rings. The lowest BCUT2D eigenvalue weighted by Gasteiger charge is -2.42. The summed E-state index contributed by atoms with van der Waals surface area (Å²) in [5.74, 6) is 0.968. The molecule has 4 rings (SSSR count). The third kappa shape index (κ3) is 7.00. The number of nitrogens with one attached hydrogen (secondary N) is 1. The summed E-state index contributed by atoms with van der Waals surface area (Å²) in [4.78, 5) is 11.0. The van der Waals surface area contributed by atoms with Gasteiger partial charge in [0.05, 0.1) is 11.6 Å². The van der Waals surface area contributed by atoms with Gasteiger partial charge in [-0.05, 0) is 95.1 Å². The van der Waals surface area contributed by atoms with E-state index in [2.05, 4.69) is 71.1 Å². The maximum Gasteiger partial charge on any atom is 0.511 e. The van der Waals surface area contributed by atoms with E-state index >= 15 is 0 Å². The second-order valence-corrected chi connectivity index (χ2v) is 12.8. The van der Waals surface area contributed by atoms with Crippen molar-refractivity contribution in [3.63, 3.8) is 0 Å². The number of benzene rings is 3. The molecule has 3 aromatic rings. The Morgan fingerprint density at radius 3 is 2.15 bits per heavy atom. The second-order valence-electron chi connectivity index (χ2n) is 12.4. The first kappa shape index (κ1) is 30.0. The number of halogens is 1. The quantitative estimate of drug-likeness (QED) is 0.146. The van der Waals surface area contributed by atoms with Crippen molar-refractivity contribution in [1.82, 2.24) is 5.32 Å². The minimum Gasteiger partial charge on any atom is -0.493 e. The van der Waals surface area contributed by atoms with Crippen molar-refractivity contribution in [2.45, 2.75) is 84.1 Å². The van der Waals surface area contributed by atoms with Crippen LogP contribution in [0.15, 0.2) is 54.6 Å². The first-order valence-electron chi connectivity index (χ1n) is 14.2. The molecule has 0 bridgehead atoms. The van der Waals surface area contributed by atoms with Crippen LogP contribution in [-0.4, -0.2) is 30.5 Å². The van der Waals surface area contributed by atoms with E-state index < -0.39 is 6.16 Å². The molecule has 0 fully saturated rings. The molecule has 0 aromatic heterocycles. The second kappa shape index (κ2) is 12.2. The average Bonchev–Trinajstić information content (AvgIpc) is 2.89. The maximum absolute atomic E-state index is 11.0. The molecule has 0 unspecified atom stereocenters. The van der Waals surface area contributed by atoms with Gasteiger partial charge < -0.3 is 19.9 Å². The molecule has 3 aromatic carbocycles. The topological polar surface area (TPSA) is 67.8 Å². The molecule has 1 aliphatic carbocycles. The van der Waals surface area contributed by atoms with E-state index in [1.54, 1.807) is 12.1 Å². The highest BCUT2D eigenvalue weighted by atomic mass is 35.5. The summed E-state index contributed by atoms with van der Waals surface area (Å²) in [7, 11) is 0. The van der Waals surface area contributed by atoms with Crippen LogP contribution in [0.5, 0.6) is 11.5 Å². The summed E-state index contributed by atoms with van der Waals surface area (Å²) in [5.41, 5.74) is 7.04. The molecule has 214 valence electrons. The molecule has 0 aliphatic heterocycles. The zero-order valence-corrected chi connectivity index (χ0v) is 25.3. The van der Waals surface area contributed by atoms with Crippen LogP contribution in [0, 0.1) is 0 Å². The van der Waals surface area contributed by atoms with Crippen LogP contribution >= 0.6 is 11.6 Å². The van der Waals surface area contributed by atoms with Gasteiger partial charge in [0.15, 0.2) is 5.75 Å². The molecule has 0 spiro atoms. The van der Waals surface area contributed by atoms with E-state index in [4.69, 9.17) is 26.2 Å². The fourth-order valence-corrected chi connectivity index (χ4v) is 5.69. The van der Waals surface area contributed by atoms with E-state index in [9.17, 15) is 4.79 Å². The van der Waals surface area contributed by atoms with E-state index in [0.29, 0.717) is 12.6 Å². The van der Waals surface area contributed by atoms with Gasteiger partial charge in [-0.15, -0.1) is 0 Å². The SMILES string of the molecule is CC(C)NCCCCOc1ccc(-c2ccc(OC(=O)O)c(Cl)c2)cc1-c1ccc2c(c1)C(C)(C)CCC2(C)C. The largest absolute Gasteiger partial charge is 0.511 e. The van der Waals surface area contributed by atoms with Crippen molar-refractivity contribution < 1.29 is 19.4 Å². The van der Waals surface area contributed by atoms with Gasteiger partial charge in [0.2, 0.25) is 0 Å². The zero-order valence-electron chi connectivity index (χ0n) is 24.6. The number of unbranched alkanes of at least 4 members (excludes halogenated alkanes) is 1. The van der Waals surface area contributed by atoms with Gasteiger partial charge in [-0.1, -0.05) is 83.5 Å². The van der Waals surface area contributed by atoms with Gasteiger partial charge in [0.1, 0.15) is 5.75 Å². The highest BCUT2D eigenvalue weighted by Gasteiger charge is 2.37. The first-order valence-corrected chi connectivity index (χ1v) is 14.6. The Balaban J connectivity index is 1.71. The molecule has 0 atom stereocenters. The van der Waals surface area contributed by atoms with Gasteiger partial charge in [0.25, 0.3) is 0 Å². The minimum absolute atomic E-state index is 0.0937. The number of fused-ring (bicyclic) bond motifs is 1. The Morgan fingerprint density at radius 1 is 0.875 bits per heavy atom.